The maximum Gasteiger partial charge on any atom is 0.225 e. The van der Waals surface area contributed by atoms with Crippen LogP contribution in [0.4, 0.5) is 11.5 Å². The van der Waals surface area contributed by atoms with Gasteiger partial charge in [0.1, 0.15) is 11.0 Å². The van der Waals surface area contributed by atoms with Gasteiger partial charge in [0.2, 0.25) is 11.2 Å². The molecule has 0 aliphatic heterocycles. The van der Waals surface area contributed by atoms with Crippen LogP contribution >= 0.6 is 11.6 Å². The Balaban J connectivity index is 1.99. The highest BCUT2D eigenvalue weighted by Gasteiger charge is 2.16. The first kappa shape index (κ1) is 17.4. The number of hydrogen-bond donors (Lipinski definition) is 1. The molecule has 132 valence electrons. The van der Waals surface area contributed by atoms with Crippen molar-refractivity contribution >= 4 is 34.1 Å². The fraction of sp³-hybridized carbons (Fsp3) is 0.375. The number of halogens is 1. The lowest BCUT2D eigenvalue weighted by atomic mass is 10.3. The number of ether oxygens (including phenoxy) is 2. The molecule has 3 aromatic heterocycles. The van der Waals surface area contributed by atoms with E-state index < -0.39 is 0 Å². The molecule has 9 heteroatoms. The van der Waals surface area contributed by atoms with Gasteiger partial charge in [-0.25, -0.2) is 9.97 Å². The van der Waals surface area contributed by atoms with Crippen molar-refractivity contribution in [3.8, 4) is 5.88 Å². The van der Waals surface area contributed by atoms with E-state index in [0.29, 0.717) is 37.0 Å². The second kappa shape index (κ2) is 7.62. The highest BCUT2D eigenvalue weighted by Crippen LogP contribution is 2.27. The minimum Gasteiger partial charge on any atom is -0.481 e. The van der Waals surface area contributed by atoms with Crippen molar-refractivity contribution in [1.82, 2.24) is 24.7 Å². The molecule has 0 aliphatic rings. The number of rotatable bonds is 7. The summed E-state index contributed by atoms with van der Waals surface area (Å²) in [5, 5.41) is 7.92. The molecule has 0 radical (unpaired) electrons. The smallest absolute Gasteiger partial charge is 0.225 e. The molecule has 3 rings (SSSR count). The van der Waals surface area contributed by atoms with Gasteiger partial charge < -0.3 is 14.8 Å². The van der Waals surface area contributed by atoms with Gasteiger partial charge in [0, 0.05) is 12.7 Å². The summed E-state index contributed by atoms with van der Waals surface area (Å²) in [4.78, 5) is 12.8. The number of nitrogens with zero attached hydrogens (tertiary/aromatic N) is 5. The zero-order chi connectivity index (χ0) is 17.8. The van der Waals surface area contributed by atoms with Crippen molar-refractivity contribution in [2.45, 2.75) is 20.4 Å². The Labute approximate surface area is 150 Å². The first-order valence-electron chi connectivity index (χ1n) is 7.87. The van der Waals surface area contributed by atoms with Gasteiger partial charge in [-0.05, 0) is 31.5 Å². The molecule has 3 aromatic rings. The van der Waals surface area contributed by atoms with Crippen molar-refractivity contribution in [2.24, 2.45) is 0 Å². The van der Waals surface area contributed by atoms with Gasteiger partial charge in [0.05, 0.1) is 37.8 Å². The molecule has 0 atom stereocenters. The fourth-order valence-corrected chi connectivity index (χ4v) is 2.63. The van der Waals surface area contributed by atoms with Crippen LogP contribution in [0.15, 0.2) is 18.3 Å². The van der Waals surface area contributed by atoms with Crippen molar-refractivity contribution in [3.05, 3.63) is 29.3 Å². The Morgan fingerprint density at radius 1 is 1.28 bits per heavy atom. The average molecular weight is 363 g/mol. The number of hydrogen-bond acceptors (Lipinski definition) is 7. The predicted octanol–water partition coefficient (Wildman–Crippen LogP) is 2.97. The van der Waals surface area contributed by atoms with Gasteiger partial charge in [-0.2, -0.15) is 10.1 Å². The minimum absolute atomic E-state index is 0.156. The molecular weight excluding hydrogens is 344 g/mol. The number of aryl methyl sites for hydroxylation is 1. The number of nitrogens with one attached hydrogen (secondary N) is 1. The molecule has 8 nitrogen and oxygen atoms in total. The monoisotopic (exact) mass is 362 g/mol. The quantitative estimate of drug-likeness (QED) is 0.510. The van der Waals surface area contributed by atoms with Crippen molar-refractivity contribution in [3.63, 3.8) is 0 Å². The highest BCUT2D eigenvalue weighted by molar-refractivity contribution is 6.28. The molecule has 0 amide bonds. The largest absolute Gasteiger partial charge is 0.481 e. The van der Waals surface area contributed by atoms with E-state index in [0.717, 1.165) is 16.9 Å². The summed E-state index contributed by atoms with van der Waals surface area (Å²) in [5.41, 5.74) is 3.02. The number of aromatic nitrogens is 5. The topological polar surface area (TPSA) is 87.0 Å². The summed E-state index contributed by atoms with van der Waals surface area (Å²) in [5.74, 6) is 1.10. The Morgan fingerprint density at radius 2 is 2.12 bits per heavy atom. The van der Waals surface area contributed by atoms with Crippen LogP contribution in [0.25, 0.3) is 11.0 Å². The third kappa shape index (κ3) is 3.80. The standard InChI is InChI=1S/C16H19ClN6O2/c1-4-25-8-7-23-14-13(10(2)22-23)20-16(17)21-15(14)19-11-5-6-12(24-3)18-9-11/h5-6,9H,4,7-8H2,1-3H3,(H,19,20,21). The lowest BCUT2D eigenvalue weighted by Crippen LogP contribution is -2.09. The third-order valence-corrected chi connectivity index (χ3v) is 3.76. The minimum atomic E-state index is 0.156. The maximum atomic E-state index is 6.09. The molecule has 25 heavy (non-hydrogen) atoms. The van der Waals surface area contributed by atoms with Gasteiger partial charge in [-0.3, -0.25) is 4.68 Å². The predicted molar refractivity (Wildman–Crippen MR) is 95.6 cm³/mol. The summed E-state index contributed by atoms with van der Waals surface area (Å²) in [6.45, 7) is 5.65. The Bertz CT molecular complexity index is 865. The number of methoxy groups -OCH3 is 1. The third-order valence-electron chi connectivity index (χ3n) is 3.59. The highest BCUT2D eigenvalue weighted by atomic mass is 35.5. The molecule has 0 bridgehead atoms. The zero-order valence-corrected chi connectivity index (χ0v) is 15.0. The van der Waals surface area contributed by atoms with Gasteiger partial charge in [-0.15, -0.1) is 0 Å². The molecule has 3 heterocycles. The molecule has 0 fully saturated rings. The van der Waals surface area contributed by atoms with Crippen LogP contribution in [-0.4, -0.2) is 45.1 Å². The fourth-order valence-electron chi connectivity index (χ4n) is 2.46. The summed E-state index contributed by atoms with van der Waals surface area (Å²) < 4.78 is 12.3. The number of fused-ring (bicyclic) bond motifs is 1. The van der Waals surface area contributed by atoms with Gasteiger partial charge >= 0.3 is 0 Å². The molecule has 0 saturated carbocycles. The zero-order valence-electron chi connectivity index (χ0n) is 14.3. The van der Waals surface area contributed by atoms with Crippen LogP contribution in [0.2, 0.25) is 5.28 Å². The first-order chi connectivity index (χ1) is 12.1. The molecule has 0 saturated heterocycles. The SMILES string of the molecule is CCOCCn1nc(C)c2nc(Cl)nc(Nc3ccc(OC)nc3)c21. The van der Waals surface area contributed by atoms with Gasteiger partial charge in [-0.1, -0.05) is 0 Å². The lowest BCUT2D eigenvalue weighted by molar-refractivity contribution is 0.137. The maximum absolute atomic E-state index is 6.09. The second-order valence-corrected chi connectivity index (χ2v) is 5.60. The van der Waals surface area contributed by atoms with E-state index in [9.17, 15) is 0 Å². The molecule has 0 spiro atoms. The summed E-state index contributed by atoms with van der Waals surface area (Å²) in [6.07, 6.45) is 1.66. The van der Waals surface area contributed by atoms with E-state index in [1.807, 2.05) is 24.6 Å². The van der Waals surface area contributed by atoms with E-state index in [1.54, 1.807) is 19.4 Å². The van der Waals surface area contributed by atoms with Gasteiger partial charge in [0.15, 0.2) is 5.82 Å². The van der Waals surface area contributed by atoms with Crippen LogP contribution in [0.5, 0.6) is 5.88 Å². The van der Waals surface area contributed by atoms with E-state index in [4.69, 9.17) is 21.1 Å². The molecular formula is C16H19ClN6O2. The molecule has 0 aliphatic carbocycles. The Hall–Kier alpha value is -2.45. The van der Waals surface area contributed by atoms with E-state index in [1.165, 1.54) is 0 Å². The van der Waals surface area contributed by atoms with Crippen LogP contribution in [-0.2, 0) is 11.3 Å². The summed E-state index contributed by atoms with van der Waals surface area (Å²) >= 11 is 6.09. The van der Waals surface area contributed by atoms with E-state index in [2.05, 4.69) is 25.4 Å². The summed E-state index contributed by atoms with van der Waals surface area (Å²) in [7, 11) is 1.57. The van der Waals surface area contributed by atoms with Gasteiger partial charge in [0.25, 0.3) is 0 Å². The van der Waals surface area contributed by atoms with E-state index >= 15 is 0 Å². The van der Waals surface area contributed by atoms with E-state index in [-0.39, 0.29) is 5.28 Å². The van der Waals surface area contributed by atoms with Crippen molar-refractivity contribution in [2.75, 3.05) is 25.6 Å². The van der Waals surface area contributed by atoms with Crippen molar-refractivity contribution < 1.29 is 9.47 Å². The first-order valence-corrected chi connectivity index (χ1v) is 8.25. The number of pyridine rings is 1. The Kier molecular flexibility index (Phi) is 5.30. The normalized spacial score (nSPS) is 11.0. The summed E-state index contributed by atoms with van der Waals surface area (Å²) in [6, 6.07) is 3.61. The Morgan fingerprint density at radius 3 is 2.80 bits per heavy atom. The van der Waals surface area contributed by atoms with Crippen molar-refractivity contribution in [1.29, 1.82) is 0 Å². The van der Waals surface area contributed by atoms with Crippen LogP contribution in [0, 0.1) is 6.92 Å². The molecule has 0 aromatic carbocycles. The molecule has 1 N–H and O–H groups in total. The van der Waals surface area contributed by atoms with Crippen LogP contribution in [0.1, 0.15) is 12.6 Å². The average Bonchev–Trinajstić information content (AvgIpc) is 2.92. The van der Waals surface area contributed by atoms with Crippen LogP contribution in [0.3, 0.4) is 0 Å². The number of anilines is 2. The molecule has 0 unspecified atom stereocenters. The second-order valence-electron chi connectivity index (χ2n) is 5.26. The lowest BCUT2D eigenvalue weighted by Gasteiger charge is -2.10. The van der Waals surface area contributed by atoms with Crippen LogP contribution < -0.4 is 10.1 Å².